The molecule has 0 amide bonds. The standard InChI is InChI=1S/C10H6BF3O2/c12-5-3-6-7(11(15)16)1-2-8(13)10(6)9(14)4-5/h1-4,15-16H. The van der Waals surface area contributed by atoms with E-state index in [0.717, 1.165) is 18.2 Å². The van der Waals surface area contributed by atoms with E-state index in [1.165, 1.54) is 0 Å². The number of hydrogen-bond donors (Lipinski definition) is 2. The number of fused-ring (bicyclic) bond motifs is 1. The maximum Gasteiger partial charge on any atom is 0.489 e. The van der Waals surface area contributed by atoms with Gasteiger partial charge >= 0.3 is 7.12 Å². The van der Waals surface area contributed by atoms with E-state index >= 15 is 0 Å². The third-order valence-corrected chi connectivity index (χ3v) is 2.29. The minimum absolute atomic E-state index is 0.144. The minimum atomic E-state index is -1.91. The first kappa shape index (κ1) is 11.0. The summed E-state index contributed by atoms with van der Waals surface area (Å²) in [5, 5.41) is 17.3. The summed E-state index contributed by atoms with van der Waals surface area (Å²) in [5.41, 5.74) is -0.144. The molecular formula is C10H6BF3O2. The molecule has 82 valence electrons. The maximum absolute atomic E-state index is 13.3. The normalized spacial score (nSPS) is 10.8. The van der Waals surface area contributed by atoms with E-state index in [0.29, 0.717) is 6.07 Å². The summed E-state index contributed by atoms with van der Waals surface area (Å²) in [5.74, 6) is -2.86. The van der Waals surface area contributed by atoms with Crippen LogP contribution in [0, 0.1) is 17.5 Å². The monoisotopic (exact) mass is 226 g/mol. The largest absolute Gasteiger partial charge is 0.489 e. The van der Waals surface area contributed by atoms with Gasteiger partial charge in [-0.3, -0.25) is 0 Å². The summed E-state index contributed by atoms with van der Waals surface area (Å²) in [4.78, 5) is 0. The molecule has 0 spiro atoms. The van der Waals surface area contributed by atoms with E-state index in [9.17, 15) is 13.2 Å². The molecule has 2 aromatic rings. The molecule has 0 bridgehead atoms. The maximum atomic E-state index is 13.3. The molecule has 0 saturated carbocycles. The van der Waals surface area contributed by atoms with Crippen LogP contribution in [0.4, 0.5) is 13.2 Å². The van der Waals surface area contributed by atoms with Crippen LogP contribution in [-0.4, -0.2) is 17.2 Å². The molecule has 0 unspecified atom stereocenters. The van der Waals surface area contributed by atoms with Crippen molar-refractivity contribution in [2.24, 2.45) is 0 Å². The van der Waals surface area contributed by atoms with Crippen molar-refractivity contribution in [1.29, 1.82) is 0 Å². The van der Waals surface area contributed by atoms with Crippen LogP contribution in [0.1, 0.15) is 0 Å². The first-order valence-electron chi connectivity index (χ1n) is 4.44. The SMILES string of the molecule is OB(O)c1ccc(F)c2c(F)cc(F)cc12. The third-order valence-electron chi connectivity index (χ3n) is 2.29. The van der Waals surface area contributed by atoms with Gasteiger partial charge in [-0.15, -0.1) is 0 Å². The van der Waals surface area contributed by atoms with Gasteiger partial charge in [-0.25, -0.2) is 13.2 Å². The lowest BCUT2D eigenvalue weighted by atomic mass is 9.77. The average Bonchev–Trinajstić information content (AvgIpc) is 2.15. The van der Waals surface area contributed by atoms with Crippen molar-refractivity contribution in [1.82, 2.24) is 0 Å². The van der Waals surface area contributed by atoms with Gasteiger partial charge in [-0.1, -0.05) is 6.07 Å². The number of hydrogen-bond acceptors (Lipinski definition) is 2. The second kappa shape index (κ2) is 3.81. The van der Waals surface area contributed by atoms with Crippen LogP contribution in [0.2, 0.25) is 0 Å². The predicted octanol–water partition coefficient (Wildman–Crippen LogP) is 0.937. The summed E-state index contributed by atoms with van der Waals surface area (Å²) in [7, 11) is -1.91. The van der Waals surface area contributed by atoms with Crippen molar-refractivity contribution in [3.63, 3.8) is 0 Å². The molecule has 0 fully saturated rings. The van der Waals surface area contributed by atoms with Crippen molar-refractivity contribution in [3.05, 3.63) is 41.7 Å². The topological polar surface area (TPSA) is 40.5 Å². The summed E-state index contributed by atoms with van der Waals surface area (Å²) < 4.78 is 39.6. The summed E-state index contributed by atoms with van der Waals surface area (Å²) in [6.07, 6.45) is 0. The summed E-state index contributed by atoms with van der Waals surface area (Å²) >= 11 is 0. The van der Waals surface area contributed by atoms with Gasteiger partial charge < -0.3 is 10.0 Å². The zero-order valence-electron chi connectivity index (χ0n) is 7.92. The van der Waals surface area contributed by atoms with Crippen LogP contribution in [0.25, 0.3) is 10.8 Å². The number of halogens is 3. The van der Waals surface area contributed by atoms with Gasteiger partial charge in [-0.05, 0) is 23.0 Å². The highest BCUT2D eigenvalue weighted by atomic mass is 19.1. The molecule has 0 radical (unpaired) electrons. The fourth-order valence-electron chi connectivity index (χ4n) is 1.61. The predicted molar refractivity (Wildman–Crippen MR) is 53.6 cm³/mol. The third kappa shape index (κ3) is 1.66. The van der Waals surface area contributed by atoms with Crippen LogP contribution in [0.3, 0.4) is 0 Å². The van der Waals surface area contributed by atoms with Crippen LogP contribution in [-0.2, 0) is 0 Å². The van der Waals surface area contributed by atoms with E-state index in [2.05, 4.69) is 0 Å². The lowest BCUT2D eigenvalue weighted by molar-refractivity contribution is 0.426. The fourth-order valence-corrected chi connectivity index (χ4v) is 1.61. The molecule has 2 N–H and O–H groups in total. The fraction of sp³-hybridized carbons (Fsp3) is 0. The smallest absolute Gasteiger partial charge is 0.423 e. The van der Waals surface area contributed by atoms with Gasteiger partial charge in [0.2, 0.25) is 0 Å². The Kier molecular flexibility index (Phi) is 2.61. The first-order chi connectivity index (χ1) is 7.50. The number of benzene rings is 2. The van der Waals surface area contributed by atoms with Crippen LogP contribution in [0.15, 0.2) is 24.3 Å². The Bertz CT molecular complexity index is 557. The van der Waals surface area contributed by atoms with Crippen molar-refractivity contribution in [2.45, 2.75) is 0 Å². The van der Waals surface area contributed by atoms with E-state index in [1.807, 2.05) is 0 Å². The van der Waals surface area contributed by atoms with E-state index in [-0.39, 0.29) is 10.8 Å². The number of rotatable bonds is 1. The second-order valence-electron chi connectivity index (χ2n) is 3.32. The molecule has 0 saturated heterocycles. The molecule has 2 nitrogen and oxygen atoms in total. The molecule has 0 aliphatic carbocycles. The summed E-state index contributed by atoms with van der Waals surface area (Å²) in [6, 6.07) is 3.37. The van der Waals surface area contributed by atoms with Crippen molar-refractivity contribution in [2.75, 3.05) is 0 Å². The molecule has 0 aliphatic heterocycles. The molecule has 0 heterocycles. The Morgan fingerprint density at radius 2 is 1.62 bits per heavy atom. The van der Waals surface area contributed by atoms with Crippen LogP contribution >= 0.6 is 0 Å². The van der Waals surface area contributed by atoms with Crippen molar-refractivity contribution >= 4 is 23.4 Å². The average molecular weight is 226 g/mol. The Hall–Kier alpha value is -1.53. The molecule has 2 rings (SSSR count). The first-order valence-corrected chi connectivity index (χ1v) is 4.44. The molecular weight excluding hydrogens is 220 g/mol. The Balaban J connectivity index is 2.92. The van der Waals surface area contributed by atoms with Crippen LogP contribution in [0.5, 0.6) is 0 Å². The molecule has 16 heavy (non-hydrogen) atoms. The highest BCUT2D eigenvalue weighted by Crippen LogP contribution is 2.21. The second-order valence-corrected chi connectivity index (χ2v) is 3.32. The minimum Gasteiger partial charge on any atom is -0.423 e. The van der Waals surface area contributed by atoms with Crippen molar-refractivity contribution < 1.29 is 23.2 Å². The van der Waals surface area contributed by atoms with Crippen molar-refractivity contribution in [3.8, 4) is 0 Å². The van der Waals surface area contributed by atoms with E-state index in [4.69, 9.17) is 10.0 Å². The lowest BCUT2D eigenvalue weighted by Gasteiger charge is -2.07. The Morgan fingerprint density at radius 3 is 2.25 bits per heavy atom. The van der Waals surface area contributed by atoms with Gasteiger partial charge in [-0.2, -0.15) is 0 Å². The lowest BCUT2D eigenvalue weighted by Crippen LogP contribution is -2.30. The highest BCUT2D eigenvalue weighted by Gasteiger charge is 2.19. The zero-order chi connectivity index (χ0) is 11.9. The molecule has 0 aliphatic rings. The zero-order valence-corrected chi connectivity index (χ0v) is 7.92. The van der Waals surface area contributed by atoms with Gasteiger partial charge in [0.05, 0.1) is 5.39 Å². The Labute approximate surface area is 89.1 Å². The van der Waals surface area contributed by atoms with Gasteiger partial charge in [0.15, 0.2) is 0 Å². The van der Waals surface area contributed by atoms with Crippen LogP contribution < -0.4 is 5.46 Å². The molecule has 2 aromatic carbocycles. The molecule has 6 heteroatoms. The highest BCUT2D eigenvalue weighted by molar-refractivity contribution is 6.61. The van der Waals surface area contributed by atoms with E-state index in [1.54, 1.807) is 0 Å². The van der Waals surface area contributed by atoms with Gasteiger partial charge in [0.1, 0.15) is 17.5 Å². The Morgan fingerprint density at radius 1 is 0.938 bits per heavy atom. The quantitative estimate of drug-likeness (QED) is 0.710. The van der Waals surface area contributed by atoms with E-state index < -0.39 is 30.0 Å². The van der Waals surface area contributed by atoms with Gasteiger partial charge in [0.25, 0.3) is 0 Å². The molecule has 0 atom stereocenters. The summed E-state index contributed by atoms with van der Waals surface area (Å²) in [6.45, 7) is 0. The van der Waals surface area contributed by atoms with Gasteiger partial charge in [0, 0.05) is 6.07 Å². The molecule has 0 aromatic heterocycles.